The summed E-state index contributed by atoms with van der Waals surface area (Å²) in [5.41, 5.74) is 0. The van der Waals surface area contributed by atoms with Crippen LogP contribution in [0, 0.1) is 0 Å². The van der Waals surface area contributed by atoms with E-state index in [1.165, 1.54) is 57.8 Å². The molecule has 0 saturated carbocycles. The number of hydrogen-bond acceptors (Lipinski definition) is 10. The Labute approximate surface area is 485 Å². The minimum atomic E-state index is -4.80. The largest absolute Gasteiger partial charge is 0.472 e. The molecule has 3 unspecified atom stereocenters. The molecule has 0 aromatic carbocycles. The zero-order valence-electron chi connectivity index (χ0n) is 49.7. The topological polar surface area (TPSA) is 155 Å². The number of phosphoric acid groups is 1. The molecule has 0 aromatic heterocycles. The van der Waals surface area contributed by atoms with Gasteiger partial charge in [-0.05, 0) is 116 Å². The number of phosphoric ester groups is 1. The maximum absolute atomic E-state index is 12.9. The third-order valence-corrected chi connectivity index (χ3v) is 12.9. The summed E-state index contributed by atoms with van der Waals surface area (Å²) in [5, 5.41) is 9.84. The second-order valence-electron chi connectivity index (χ2n) is 19.4. The van der Waals surface area contributed by atoms with E-state index in [2.05, 4.69) is 148 Å². The Morgan fingerprint density at radius 2 is 0.713 bits per heavy atom. The Morgan fingerprint density at radius 3 is 1.14 bits per heavy atom. The summed E-state index contributed by atoms with van der Waals surface area (Å²) < 4.78 is 39.4. The maximum Gasteiger partial charge on any atom is 0.472 e. The fourth-order valence-corrected chi connectivity index (χ4v) is 8.21. The van der Waals surface area contributed by atoms with Gasteiger partial charge >= 0.3 is 25.7 Å². The Morgan fingerprint density at radius 1 is 0.375 bits per heavy atom. The highest BCUT2D eigenvalue weighted by atomic mass is 31.2. The van der Waals surface area contributed by atoms with Crippen LogP contribution in [-0.4, -0.2) is 66.5 Å². The highest BCUT2D eigenvalue weighted by molar-refractivity contribution is 7.47. The van der Waals surface area contributed by atoms with Crippen LogP contribution in [0.1, 0.15) is 213 Å². The molecule has 3 atom stereocenters. The van der Waals surface area contributed by atoms with Gasteiger partial charge in [0.05, 0.1) is 26.2 Å². The molecule has 0 spiro atoms. The average molecular weight is 1130 g/mol. The van der Waals surface area contributed by atoms with Crippen molar-refractivity contribution in [3.05, 3.63) is 158 Å². The molecule has 0 saturated heterocycles. The van der Waals surface area contributed by atoms with Crippen LogP contribution >= 0.6 is 7.82 Å². The first-order valence-electron chi connectivity index (χ1n) is 30.4. The maximum atomic E-state index is 12.9. The van der Waals surface area contributed by atoms with Gasteiger partial charge in [0.2, 0.25) is 0 Å². The highest BCUT2D eigenvalue weighted by Crippen LogP contribution is 2.43. The van der Waals surface area contributed by atoms with Gasteiger partial charge in [-0.3, -0.25) is 23.4 Å². The molecule has 80 heavy (non-hydrogen) atoms. The number of esters is 3. The van der Waals surface area contributed by atoms with E-state index in [1.54, 1.807) is 6.08 Å². The molecule has 0 bridgehead atoms. The van der Waals surface area contributed by atoms with Crippen molar-refractivity contribution in [2.24, 2.45) is 0 Å². The van der Waals surface area contributed by atoms with Gasteiger partial charge in [0.25, 0.3) is 0 Å². The molecule has 450 valence electrons. The van der Waals surface area contributed by atoms with Gasteiger partial charge < -0.3 is 24.2 Å². The third kappa shape index (κ3) is 57.8. The SMILES string of the molecule is CC/C=C\C/C=C\C/C=C\C/C=C\C/C=C\C/C=C\CCC(=O)OC(COC(=O)C/C=C\C/C=C\C/C=C\C/C=C\C/C=C\CC)COP(=O)(O)OCC(CO)OC(=O)CCCCCCCCCCC/C=C\C/C=C\CCCCC. The molecule has 2 N–H and O–H groups in total. The van der Waals surface area contributed by atoms with E-state index in [-0.39, 0.29) is 19.3 Å². The van der Waals surface area contributed by atoms with Gasteiger partial charge in [0.1, 0.15) is 12.7 Å². The Bertz CT molecular complexity index is 1950. The van der Waals surface area contributed by atoms with E-state index in [1.807, 2.05) is 24.3 Å². The second-order valence-corrected chi connectivity index (χ2v) is 20.9. The summed E-state index contributed by atoms with van der Waals surface area (Å²) in [7, 11) is -4.80. The summed E-state index contributed by atoms with van der Waals surface area (Å²) in [6.45, 7) is 4.18. The van der Waals surface area contributed by atoms with Gasteiger partial charge in [0, 0.05) is 12.8 Å². The smallest absolute Gasteiger partial charge is 0.461 e. The third-order valence-electron chi connectivity index (χ3n) is 12.0. The molecule has 0 heterocycles. The Balaban J connectivity index is 4.89. The number of aliphatic hydroxyl groups excluding tert-OH is 1. The van der Waals surface area contributed by atoms with Crippen LogP contribution < -0.4 is 0 Å². The summed E-state index contributed by atoms with van der Waals surface area (Å²) in [6.07, 6.45) is 79.6. The van der Waals surface area contributed by atoms with E-state index in [0.717, 1.165) is 89.9 Å². The lowest BCUT2D eigenvalue weighted by Gasteiger charge is -2.21. The first-order valence-corrected chi connectivity index (χ1v) is 31.9. The van der Waals surface area contributed by atoms with Crippen LogP contribution in [0.15, 0.2) is 158 Å². The van der Waals surface area contributed by atoms with Crippen molar-refractivity contribution in [1.29, 1.82) is 0 Å². The number of unbranched alkanes of at least 4 members (excludes halogenated alkanes) is 12. The van der Waals surface area contributed by atoms with Gasteiger partial charge in [0.15, 0.2) is 6.10 Å². The molecule has 0 fully saturated rings. The van der Waals surface area contributed by atoms with Crippen LogP contribution in [-0.2, 0) is 42.2 Å². The zero-order valence-corrected chi connectivity index (χ0v) is 50.6. The average Bonchev–Trinajstić information content (AvgIpc) is 3.45. The molecule has 0 rings (SSSR count). The van der Waals surface area contributed by atoms with E-state index in [9.17, 15) is 28.9 Å². The lowest BCUT2D eigenvalue weighted by atomic mass is 10.1. The van der Waals surface area contributed by atoms with E-state index in [0.29, 0.717) is 25.7 Å². The molecule has 0 aliphatic heterocycles. The summed E-state index contributed by atoms with van der Waals surface area (Å²) in [6, 6.07) is 0. The van der Waals surface area contributed by atoms with Gasteiger partial charge in [-0.15, -0.1) is 0 Å². The van der Waals surface area contributed by atoms with Crippen LogP contribution in [0.4, 0.5) is 0 Å². The fraction of sp³-hybridized carbons (Fsp3) is 0.574. The molecule has 0 radical (unpaired) electrons. The molecule has 0 aromatic rings. The van der Waals surface area contributed by atoms with Crippen molar-refractivity contribution in [1.82, 2.24) is 0 Å². The van der Waals surface area contributed by atoms with E-state index >= 15 is 0 Å². The highest BCUT2D eigenvalue weighted by Gasteiger charge is 2.28. The van der Waals surface area contributed by atoms with Crippen LogP contribution in [0.2, 0.25) is 0 Å². The number of carbonyl (C=O) groups is 3. The molecule has 12 heteroatoms. The first-order chi connectivity index (χ1) is 39.2. The van der Waals surface area contributed by atoms with Crippen molar-refractivity contribution in [2.45, 2.75) is 226 Å². The predicted molar refractivity (Wildman–Crippen MR) is 334 cm³/mol. The van der Waals surface area contributed by atoms with E-state index in [4.69, 9.17) is 23.3 Å². The van der Waals surface area contributed by atoms with Crippen molar-refractivity contribution < 1.29 is 52.2 Å². The molecule has 11 nitrogen and oxygen atoms in total. The number of aliphatic hydroxyl groups is 1. The van der Waals surface area contributed by atoms with E-state index < -0.39 is 64.4 Å². The van der Waals surface area contributed by atoms with Crippen molar-refractivity contribution in [2.75, 3.05) is 26.4 Å². The minimum absolute atomic E-state index is 0.0139. The fourth-order valence-electron chi connectivity index (χ4n) is 7.43. The minimum Gasteiger partial charge on any atom is -0.461 e. The molecular weight excluding hydrogens is 1020 g/mol. The standard InChI is InChI=1S/C68H107O11P/c1-4-7-10-13-16-19-22-25-28-30-32-34-37-40-43-46-49-52-55-58-67(71)78-64(60-69)62-76-80(73,74)77-63-65(61-75-66(70)57-54-51-48-45-42-39-36-27-24-21-18-15-12-9-6-3)79-68(72)59-56-53-50-47-44-41-38-35-33-31-29-26-23-20-17-14-11-8-5-2/h8-9,11-12,16-21,25-29,33,35-36,41-42,44-45,50-51,53-54,64-65,69H,4-7,10,13-15,22-24,30-32,34,37-40,43,46-49,52,55-63H2,1-3H3,(H,73,74)/b11-8-,12-9-,19-16-,20-17-,21-18-,28-25-,29-26-,35-33-,36-27-,44-41-,45-42-,53-50-,54-51-. The quantitative estimate of drug-likeness (QED) is 0.0197. The monoisotopic (exact) mass is 1130 g/mol. The number of carbonyl (C=O) groups excluding carboxylic acids is 3. The second kappa shape index (κ2) is 60.2. The van der Waals surface area contributed by atoms with Crippen molar-refractivity contribution in [3.63, 3.8) is 0 Å². The summed E-state index contributed by atoms with van der Waals surface area (Å²) in [4.78, 5) is 48.6. The Kier molecular flexibility index (Phi) is 56.5. The molecular formula is C68H107O11P. The van der Waals surface area contributed by atoms with Crippen molar-refractivity contribution in [3.8, 4) is 0 Å². The summed E-state index contributed by atoms with van der Waals surface area (Å²) in [5.74, 6) is -1.74. The van der Waals surface area contributed by atoms with Crippen LogP contribution in [0.25, 0.3) is 0 Å². The number of hydrogen-bond donors (Lipinski definition) is 2. The van der Waals surface area contributed by atoms with Gasteiger partial charge in [-0.2, -0.15) is 0 Å². The number of allylic oxidation sites excluding steroid dienone is 25. The predicted octanol–water partition coefficient (Wildman–Crippen LogP) is 18.5. The van der Waals surface area contributed by atoms with Crippen LogP contribution in [0.3, 0.4) is 0 Å². The zero-order chi connectivity index (χ0) is 58.3. The van der Waals surface area contributed by atoms with Crippen molar-refractivity contribution >= 4 is 25.7 Å². The van der Waals surface area contributed by atoms with Crippen LogP contribution in [0.5, 0.6) is 0 Å². The van der Waals surface area contributed by atoms with Gasteiger partial charge in [-0.1, -0.05) is 237 Å². The molecule has 0 aliphatic rings. The lowest BCUT2D eigenvalue weighted by molar-refractivity contribution is -0.160. The molecule has 0 amide bonds. The number of rotatable bonds is 54. The Hall–Kier alpha value is -4.90. The molecule has 0 aliphatic carbocycles. The number of ether oxygens (including phenoxy) is 3. The summed E-state index contributed by atoms with van der Waals surface area (Å²) >= 11 is 0. The first kappa shape index (κ1) is 75.1. The normalized spacial score (nSPS) is 14.4. The lowest BCUT2D eigenvalue weighted by Crippen LogP contribution is -2.30. The van der Waals surface area contributed by atoms with Gasteiger partial charge in [-0.25, -0.2) is 4.57 Å².